The third-order valence-corrected chi connectivity index (χ3v) is 10.5. The van der Waals surface area contributed by atoms with Crippen LogP contribution in [0.25, 0.3) is 22.0 Å². The van der Waals surface area contributed by atoms with Gasteiger partial charge in [-0.25, -0.2) is 27.2 Å². The summed E-state index contributed by atoms with van der Waals surface area (Å²) < 4.78 is 62.3. The van der Waals surface area contributed by atoms with Gasteiger partial charge in [-0.15, -0.1) is 11.8 Å². The van der Waals surface area contributed by atoms with E-state index >= 15 is 4.39 Å². The maximum Gasteiger partial charge on any atom is 0.410 e. The van der Waals surface area contributed by atoms with Crippen LogP contribution < -0.4 is 10.6 Å². The van der Waals surface area contributed by atoms with Gasteiger partial charge in [-0.05, 0) is 45.9 Å². The number of rotatable bonds is 6. The van der Waals surface area contributed by atoms with Crippen molar-refractivity contribution >= 4 is 46.2 Å². The van der Waals surface area contributed by atoms with E-state index in [1.165, 1.54) is 23.9 Å². The Hall–Kier alpha value is -3.07. The molecule has 2 saturated heterocycles. The number of alkyl halides is 2. The zero-order valence-corrected chi connectivity index (χ0v) is 28.9. The molecular weight excluding hydrogens is 672 g/mol. The average Bonchev–Trinajstić information content (AvgIpc) is 3.00. The van der Waals surface area contributed by atoms with E-state index in [1.807, 2.05) is 32.6 Å². The van der Waals surface area contributed by atoms with E-state index < -0.39 is 35.4 Å². The van der Waals surface area contributed by atoms with Gasteiger partial charge in [-0.3, -0.25) is 14.4 Å². The SMILES string of the molecule is C[C@H]1CN(C(=O)OC(C)(C)C)CCN1c1nc(=O)n2c3c(c(-c4ccc(F)cc4F)c(Cl)cc13)SC[C@@H]2CN1CCN(CC(F)F)CC1. The second-order valence-electron chi connectivity index (χ2n) is 13.6. The molecule has 0 saturated carbocycles. The summed E-state index contributed by atoms with van der Waals surface area (Å²) >= 11 is 8.37. The topological polar surface area (TPSA) is 74.1 Å². The minimum Gasteiger partial charge on any atom is -0.444 e. The molecule has 48 heavy (non-hydrogen) atoms. The van der Waals surface area contributed by atoms with Gasteiger partial charge < -0.3 is 14.5 Å². The number of piperazine rings is 2. The molecule has 2 aromatic carbocycles. The van der Waals surface area contributed by atoms with Crippen LogP contribution in [0.15, 0.2) is 34.0 Å². The monoisotopic (exact) mass is 710 g/mol. The van der Waals surface area contributed by atoms with E-state index in [2.05, 4.69) is 9.88 Å². The summed E-state index contributed by atoms with van der Waals surface area (Å²) in [4.78, 5) is 39.7. The van der Waals surface area contributed by atoms with Crippen molar-refractivity contribution in [1.82, 2.24) is 24.3 Å². The van der Waals surface area contributed by atoms with E-state index in [4.69, 9.17) is 16.3 Å². The van der Waals surface area contributed by atoms with Crippen molar-refractivity contribution in [1.29, 1.82) is 0 Å². The van der Waals surface area contributed by atoms with E-state index in [0.29, 0.717) is 85.3 Å². The number of halogens is 5. The number of aromatic nitrogens is 2. The lowest BCUT2D eigenvalue weighted by Gasteiger charge is -2.42. The molecule has 0 spiro atoms. The molecule has 1 amide bonds. The van der Waals surface area contributed by atoms with Crippen LogP contribution >= 0.6 is 23.4 Å². The lowest BCUT2D eigenvalue weighted by atomic mass is 10.0. The number of carbonyl (C=O) groups excluding carboxylic acids is 1. The van der Waals surface area contributed by atoms with Gasteiger partial charge in [0, 0.05) is 91.6 Å². The van der Waals surface area contributed by atoms with Crippen LogP contribution in [-0.2, 0) is 4.74 Å². The predicted octanol–water partition coefficient (Wildman–Crippen LogP) is 5.97. The normalized spacial score (nSPS) is 21.0. The van der Waals surface area contributed by atoms with Crippen molar-refractivity contribution < 1.29 is 27.1 Å². The van der Waals surface area contributed by atoms with Gasteiger partial charge in [0.1, 0.15) is 23.1 Å². The minimum absolute atomic E-state index is 0.121. The first-order valence-electron chi connectivity index (χ1n) is 16.0. The predicted molar refractivity (Wildman–Crippen MR) is 180 cm³/mol. The lowest BCUT2D eigenvalue weighted by molar-refractivity contribution is 0.0218. The van der Waals surface area contributed by atoms with Crippen LogP contribution in [-0.4, -0.2) is 113 Å². The molecule has 0 N–H and O–H groups in total. The molecule has 2 atom stereocenters. The number of anilines is 1. The van der Waals surface area contributed by atoms with Crippen molar-refractivity contribution in [2.75, 3.05) is 69.6 Å². The summed E-state index contributed by atoms with van der Waals surface area (Å²) in [6.07, 6.45) is -2.81. The molecule has 0 radical (unpaired) electrons. The molecule has 9 nitrogen and oxygen atoms in total. The first-order chi connectivity index (χ1) is 22.7. The van der Waals surface area contributed by atoms with E-state index in [0.717, 1.165) is 6.07 Å². The third kappa shape index (κ3) is 7.12. The fourth-order valence-electron chi connectivity index (χ4n) is 6.77. The summed E-state index contributed by atoms with van der Waals surface area (Å²) in [5.41, 5.74) is -0.0619. The zero-order chi connectivity index (χ0) is 34.5. The van der Waals surface area contributed by atoms with Gasteiger partial charge in [0.05, 0.1) is 23.1 Å². The number of hydrogen-bond acceptors (Lipinski definition) is 8. The maximum atomic E-state index is 15.3. The summed E-state index contributed by atoms with van der Waals surface area (Å²) in [7, 11) is 0. The molecule has 260 valence electrons. The number of benzene rings is 2. The van der Waals surface area contributed by atoms with Crippen molar-refractivity contribution in [3.8, 4) is 11.1 Å². The highest BCUT2D eigenvalue weighted by molar-refractivity contribution is 7.99. The molecule has 3 aromatic rings. The second kappa shape index (κ2) is 13.7. The molecule has 3 aliphatic rings. The van der Waals surface area contributed by atoms with Crippen LogP contribution in [0.5, 0.6) is 0 Å². The Kier molecular flexibility index (Phi) is 9.91. The van der Waals surface area contributed by atoms with E-state index in [9.17, 15) is 22.8 Å². The smallest absolute Gasteiger partial charge is 0.410 e. The summed E-state index contributed by atoms with van der Waals surface area (Å²) in [5, 5.41) is 0.842. The van der Waals surface area contributed by atoms with Crippen LogP contribution in [0.3, 0.4) is 0 Å². The van der Waals surface area contributed by atoms with Gasteiger partial charge in [0.2, 0.25) is 0 Å². The highest BCUT2D eigenvalue weighted by Crippen LogP contribution is 2.48. The van der Waals surface area contributed by atoms with E-state index in [-0.39, 0.29) is 29.2 Å². The average molecular weight is 711 g/mol. The minimum atomic E-state index is -2.39. The molecule has 15 heteroatoms. The van der Waals surface area contributed by atoms with E-state index in [1.54, 1.807) is 20.4 Å². The summed E-state index contributed by atoms with van der Waals surface area (Å²) in [6, 6.07) is 4.48. The molecule has 0 unspecified atom stereocenters. The van der Waals surface area contributed by atoms with Gasteiger partial charge in [0.25, 0.3) is 6.43 Å². The Bertz CT molecular complexity index is 1760. The summed E-state index contributed by atoms with van der Waals surface area (Å²) in [5.74, 6) is -0.613. The molecule has 1 aromatic heterocycles. The highest BCUT2D eigenvalue weighted by atomic mass is 35.5. The van der Waals surface area contributed by atoms with Crippen LogP contribution in [0.4, 0.5) is 28.2 Å². The molecule has 3 aliphatic heterocycles. The summed E-state index contributed by atoms with van der Waals surface area (Å²) in [6.45, 7) is 10.8. The van der Waals surface area contributed by atoms with Crippen molar-refractivity contribution in [3.05, 3.63) is 51.4 Å². The van der Waals surface area contributed by atoms with Gasteiger partial charge in [-0.1, -0.05) is 11.6 Å². The van der Waals surface area contributed by atoms with Crippen LogP contribution in [0.2, 0.25) is 5.02 Å². The number of hydrogen-bond donors (Lipinski definition) is 0. The number of carbonyl (C=O) groups is 1. The Labute approximate surface area is 285 Å². The van der Waals surface area contributed by atoms with Crippen molar-refractivity contribution in [2.24, 2.45) is 0 Å². The standard InChI is InChI=1S/C33H39ClF4N6O3S/c1-19-15-42(32(46)47-33(2,3)4)11-12-43(19)30-23-14-24(34)27(22-6-5-20(35)13-25(22)36)29-28(23)44(31(45)39-30)21(18-48-29)16-40-7-9-41(10-8-40)17-26(37)38/h5-6,13-14,19,21,26H,7-12,15-18H2,1-4H3/t19-,21-/m0/s1. The Morgan fingerprint density at radius 3 is 2.44 bits per heavy atom. The van der Waals surface area contributed by atoms with Gasteiger partial charge in [0.15, 0.2) is 0 Å². The molecule has 2 fully saturated rings. The number of ether oxygens (including phenoxy) is 1. The Morgan fingerprint density at radius 2 is 1.79 bits per heavy atom. The fraction of sp³-hybridized carbons (Fsp3) is 0.545. The fourth-order valence-corrected chi connectivity index (χ4v) is 8.45. The molecule has 0 aliphatic carbocycles. The Balaban J connectivity index is 1.41. The Morgan fingerprint density at radius 1 is 1.08 bits per heavy atom. The van der Waals surface area contributed by atoms with Crippen molar-refractivity contribution in [3.63, 3.8) is 0 Å². The number of amides is 1. The maximum absolute atomic E-state index is 15.3. The first kappa shape index (κ1) is 34.8. The number of thioether (sulfide) groups is 1. The quantitative estimate of drug-likeness (QED) is 0.290. The highest BCUT2D eigenvalue weighted by Gasteiger charge is 2.36. The zero-order valence-electron chi connectivity index (χ0n) is 27.3. The number of nitrogens with zero attached hydrogens (tertiary/aromatic N) is 6. The molecule has 6 rings (SSSR count). The van der Waals surface area contributed by atoms with Crippen molar-refractivity contribution in [2.45, 2.75) is 56.7 Å². The van der Waals surface area contributed by atoms with Gasteiger partial charge in [-0.2, -0.15) is 4.98 Å². The van der Waals surface area contributed by atoms with Gasteiger partial charge >= 0.3 is 11.8 Å². The lowest BCUT2D eigenvalue weighted by Crippen LogP contribution is -2.55. The van der Waals surface area contributed by atoms with Crippen LogP contribution in [0.1, 0.15) is 33.7 Å². The van der Waals surface area contributed by atoms with Crippen LogP contribution in [0, 0.1) is 11.6 Å². The largest absolute Gasteiger partial charge is 0.444 e. The third-order valence-electron chi connectivity index (χ3n) is 8.96. The molecular formula is C33H39ClF4N6O3S. The molecule has 0 bridgehead atoms. The first-order valence-corrected chi connectivity index (χ1v) is 17.4. The second-order valence-corrected chi connectivity index (χ2v) is 15.0. The molecule has 4 heterocycles.